The first-order chi connectivity index (χ1) is 4.72. The van der Waals surface area contributed by atoms with Crippen molar-refractivity contribution in [2.24, 2.45) is 0 Å². The number of benzene rings is 1. The summed E-state index contributed by atoms with van der Waals surface area (Å²) >= 11 is 0. The van der Waals surface area contributed by atoms with Crippen molar-refractivity contribution in [3.8, 4) is 0 Å². The molecule has 0 heterocycles. The van der Waals surface area contributed by atoms with Crippen LogP contribution in [0.25, 0.3) is 0 Å². The van der Waals surface area contributed by atoms with Gasteiger partial charge in [-0.3, -0.25) is 4.39 Å². The molecular weight excluding hydrogens is 245 g/mol. The molecule has 0 N–H and O–H groups in total. The van der Waals surface area contributed by atoms with Crippen molar-refractivity contribution in [3.63, 3.8) is 0 Å². The fourth-order valence-corrected chi connectivity index (χ4v) is 0.599. The van der Waals surface area contributed by atoms with Crippen LogP contribution >= 0.6 is 0 Å². The Morgan fingerprint density at radius 3 is 2.25 bits per heavy atom. The molecule has 12 heavy (non-hydrogen) atoms. The summed E-state index contributed by atoms with van der Waals surface area (Å²) in [5.74, 6) is -0.905. The van der Waals surface area contributed by atoms with Gasteiger partial charge in [0.1, 0.15) is 0 Å². The Balaban J connectivity index is 0. The third-order valence-electron chi connectivity index (χ3n) is 1.08. The normalized spacial score (nSPS) is 8.67. The largest absolute Gasteiger partial charge is 2.00 e. The summed E-state index contributed by atoms with van der Waals surface area (Å²) in [6.07, 6.45) is -2.74. The fourth-order valence-electron chi connectivity index (χ4n) is 0.599. The predicted octanol–water partition coefficient (Wildman–Crippen LogP) is -0.813. The molecule has 0 unspecified atom stereocenters. The molecule has 0 spiro atoms. The van der Waals surface area contributed by atoms with E-state index in [0.29, 0.717) is 0 Å². The Bertz CT molecular complexity index is 230. The van der Waals surface area contributed by atoms with E-state index in [2.05, 4.69) is 6.07 Å². The second-order valence-corrected chi connectivity index (χ2v) is 1.75. The van der Waals surface area contributed by atoms with Crippen molar-refractivity contribution >= 4 is 23.1 Å². The maximum Gasteiger partial charge on any atom is 2.00 e. The second kappa shape index (κ2) is 6.74. The van der Waals surface area contributed by atoms with Crippen molar-refractivity contribution in [2.75, 3.05) is 0 Å². The topological polar surface area (TPSA) is 0 Å². The summed E-state index contributed by atoms with van der Waals surface area (Å²) in [6.45, 7) is 0. The van der Waals surface area contributed by atoms with Crippen molar-refractivity contribution in [1.82, 2.24) is 0 Å². The van der Waals surface area contributed by atoms with Gasteiger partial charge in [-0.25, -0.2) is 8.78 Å². The maximum absolute atomic E-state index is 12.3. The second-order valence-electron chi connectivity index (χ2n) is 1.75. The first-order valence-corrected chi connectivity index (χ1v) is 2.65. The molecule has 0 nitrogen and oxygen atoms in total. The Hall–Kier alpha value is 0.256. The van der Waals surface area contributed by atoms with Crippen LogP contribution in [0.5, 0.6) is 0 Å². The SMILES string of the molecule is Fc1c[c-]ccc1C(F)F.[Br-].[Mg+2]. The van der Waals surface area contributed by atoms with Crippen LogP contribution in [0.4, 0.5) is 13.2 Å². The summed E-state index contributed by atoms with van der Waals surface area (Å²) in [6, 6.07) is 5.51. The number of hydrogen-bond donors (Lipinski definition) is 0. The maximum atomic E-state index is 12.3. The molecule has 0 radical (unpaired) electrons. The Morgan fingerprint density at radius 2 is 1.92 bits per heavy atom. The van der Waals surface area contributed by atoms with E-state index < -0.39 is 17.8 Å². The zero-order valence-electron chi connectivity index (χ0n) is 6.03. The average molecular weight is 249 g/mol. The van der Waals surface area contributed by atoms with E-state index in [1.807, 2.05) is 0 Å². The van der Waals surface area contributed by atoms with E-state index in [9.17, 15) is 13.2 Å². The molecule has 0 saturated heterocycles. The first-order valence-electron chi connectivity index (χ1n) is 2.65. The van der Waals surface area contributed by atoms with Crippen molar-refractivity contribution < 1.29 is 30.2 Å². The van der Waals surface area contributed by atoms with Crippen LogP contribution in [0.2, 0.25) is 0 Å². The summed E-state index contributed by atoms with van der Waals surface area (Å²) in [5, 5.41) is 0. The van der Waals surface area contributed by atoms with Gasteiger partial charge in [0.25, 0.3) is 0 Å². The van der Waals surface area contributed by atoms with Gasteiger partial charge < -0.3 is 17.0 Å². The van der Waals surface area contributed by atoms with Gasteiger partial charge in [-0.2, -0.15) is 18.2 Å². The van der Waals surface area contributed by atoms with Gasteiger partial charge in [0.2, 0.25) is 6.43 Å². The van der Waals surface area contributed by atoms with E-state index >= 15 is 0 Å². The third-order valence-corrected chi connectivity index (χ3v) is 1.08. The Morgan fingerprint density at radius 1 is 1.33 bits per heavy atom. The monoisotopic (exact) mass is 248 g/mol. The van der Waals surface area contributed by atoms with E-state index in [-0.39, 0.29) is 40.0 Å². The Labute approximate surface area is 95.1 Å². The van der Waals surface area contributed by atoms with Crippen LogP contribution in [0.3, 0.4) is 0 Å². The molecule has 0 fully saturated rings. The van der Waals surface area contributed by atoms with E-state index in [1.165, 1.54) is 6.07 Å². The molecule has 0 aromatic heterocycles. The smallest absolute Gasteiger partial charge is 1.00 e. The minimum atomic E-state index is -2.74. The number of hydrogen-bond acceptors (Lipinski definition) is 0. The van der Waals surface area contributed by atoms with Gasteiger partial charge in [-0.05, 0) is 0 Å². The van der Waals surface area contributed by atoms with Crippen LogP contribution in [0.15, 0.2) is 18.2 Å². The van der Waals surface area contributed by atoms with E-state index in [0.717, 1.165) is 12.1 Å². The number of alkyl halides is 2. The molecule has 0 aliphatic carbocycles. The van der Waals surface area contributed by atoms with E-state index in [1.54, 1.807) is 0 Å². The van der Waals surface area contributed by atoms with Gasteiger partial charge in [0.15, 0.2) is 0 Å². The Kier molecular flexibility index (Phi) is 8.29. The summed E-state index contributed by atoms with van der Waals surface area (Å²) in [5.41, 5.74) is -0.571. The molecule has 1 rings (SSSR count). The van der Waals surface area contributed by atoms with Gasteiger partial charge in [0, 0.05) is 5.82 Å². The number of rotatable bonds is 1. The van der Waals surface area contributed by atoms with Crippen molar-refractivity contribution in [2.45, 2.75) is 6.43 Å². The average Bonchev–Trinajstić information content (AvgIpc) is 1.88. The van der Waals surface area contributed by atoms with Gasteiger partial charge >= 0.3 is 23.1 Å². The summed E-state index contributed by atoms with van der Waals surface area (Å²) < 4.78 is 35.9. The van der Waals surface area contributed by atoms with Crippen molar-refractivity contribution in [1.29, 1.82) is 0 Å². The molecule has 5 heteroatoms. The zero-order valence-corrected chi connectivity index (χ0v) is 9.03. The molecular formula is C7H4BrF3Mg. The van der Waals surface area contributed by atoms with Crippen LogP contribution in [-0.2, 0) is 0 Å². The quantitative estimate of drug-likeness (QED) is 0.451. The first kappa shape index (κ1) is 14.8. The molecule has 0 aliphatic heterocycles. The standard InChI is InChI=1S/C7H4F3.BrH.Mg/c8-6-4-2-1-3-5(6)7(9)10;;/h1,3-4,7H;1H;/q-1;;+2/p-1. The van der Waals surface area contributed by atoms with Gasteiger partial charge in [-0.15, -0.1) is 6.07 Å². The molecule has 1 aromatic carbocycles. The van der Waals surface area contributed by atoms with E-state index in [4.69, 9.17) is 0 Å². The molecule has 0 bridgehead atoms. The predicted molar refractivity (Wildman–Crippen MR) is 35.9 cm³/mol. The molecule has 1 aromatic rings. The molecule has 0 saturated carbocycles. The zero-order chi connectivity index (χ0) is 7.56. The third kappa shape index (κ3) is 3.78. The van der Waals surface area contributed by atoms with Crippen LogP contribution in [0.1, 0.15) is 12.0 Å². The van der Waals surface area contributed by atoms with Gasteiger partial charge in [-0.1, -0.05) is 5.56 Å². The molecule has 62 valence electrons. The minimum absolute atomic E-state index is 0. The van der Waals surface area contributed by atoms with Gasteiger partial charge in [0.05, 0.1) is 0 Å². The molecule has 0 atom stereocenters. The number of halogens is 4. The molecule has 0 amide bonds. The van der Waals surface area contributed by atoms with Crippen LogP contribution in [0, 0.1) is 11.9 Å². The molecule has 0 aliphatic rings. The van der Waals surface area contributed by atoms with Crippen LogP contribution in [-0.4, -0.2) is 23.1 Å². The summed E-state index contributed by atoms with van der Waals surface area (Å²) in [7, 11) is 0. The van der Waals surface area contributed by atoms with Crippen LogP contribution < -0.4 is 17.0 Å². The minimum Gasteiger partial charge on any atom is -1.00 e. The fraction of sp³-hybridized carbons (Fsp3) is 0.143. The summed E-state index contributed by atoms with van der Waals surface area (Å²) in [4.78, 5) is 0. The van der Waals surface area contributed by atoms with Crippen molar-refractivity contribution in [3.05, 3.63) is 35.6 Å².